The van der Waals surface area contributed by atoms with Crippen molar-refractivity contribution in [1.82, 2.24) is 0 Å². The van der Waals surface area contributed by atoms with Crippen LogP contribution in [0.25, 0.3) is 16.1 Å². The van der Waals surface area contributed by atoms with Crippen molar-refractivity contribution < 1.29 is 4.74 Å². The maximum Gasteiger partial charge on any atom is 0.193 e. The Morgan fingerprint density at radius 1 is 1.00 bits per heavy atom. The van der Waals surface area contributed by atoms with Crippen LogP contribution in [0.3, 0.4) is 0 Å². The molecule has 174 valence electrons. The third-order valence-electron chi connectivity index (χ3n) is 8.50. The maximum atomic E-state index is 6.82. The molecule has 3 aliphatic heterocycles. The van der Waals surface area contributed by atoms with Crippen molar-refractivity contribution >= 4 is 39.8 Å². The quantitative estimate of drug-likeness (QED) is 0.353. The SMILES string of the molecule is CC1=C(c2ccc3ccccc3c2)[P@@]2(=S)C[C@@]1(C)[C@H](c1ccccc1)[C@@H]2C1=N[C@@H](C(C)C)CO1. The zero-order valence-corrected chi connectivity index (χ0v) is 22.1. The highest BCUT2D eigenvalue weighted by atomic mass is 32.4. The zero-order valence-electron chi connectivity index (χ0n) is 20.4. The summed E-state index contributed by atoms with van der Waals surface area (Å²) in [5, 5.41) is 3.99. The molecule has 0 spiro atoms. The van der Waals surface area contributed by atoms with Gasteiger partial charge in [0, 0.05) is 11.3 Å². The van der Waals surface area contributed by atoms with Crippen LogP contribution in [0.2, 0.25) is 0 Å². The summed E-state index contributed by atoms with van der Waals surface area (Å²) >= 11 is 6.82. The van der Waals surface area contributed by atoms with E-state index in [4.69, 9.17) is 21.5 Å². The van der Waals surface area contributed by atoms with Crippen LogP contribution in [0.15, 0.2) is 83.4 Å². The van der Waals surface area contributed by atoms with E-state index in [-0.39, 0.29) is 17.1 Å². The van der Waals surface area contributed by atoms with Gasteiger partial charge >= 0.3 is 0 Å². The molecular formula is C30H32NOPS. The third kappa shape index (κ3) is 3.13. The van der Waals surface area contributed by atoms with E-state index in [1.165, 1.54) is 32.8 Å². The van der Waals surface area contributed by atoms with E-state index in [0.717, 1.165) is 12.1 Å². The molecule has 5 atom stereocenters. The molecule has 3 heterocycles. The average Bonchev–Trinajstić information content (AvgIpc) is 3.46. The van der Waals surface area contributed by atoms with Crippen LogP contribution in [0.5, 0.6) is 0 Å². The number of hydrogen-bond donors (Lipinski definition) is 0. The van der Waals surface area contributed by atoms with Crippen LogP contribution in [0.4, 0.5) is 0 Å². The minimum Gasteiger partial charge on any atom is -0.478 e. The van der Waals surface area contributed by atoms with E-state index in [9.17, 15) is 0 Å². The molecule has 0 aliphatic carbocycles. The Kier molecular flexibility index (Phi) is 5.17. The molecule has 0 saturated carbocycles. The normalized spacial score (nSPS) is 32.5. The molecule has 34 heavy (non-hydrogen) atoms. The molecule has 0 aromatic heterocycles. The Bertz CT molecular complexity index is 1390. The van der Waals surface area contributed by atoms with Gasteiger partial charge in [-0.05, 0) is 58.3 Å². The first-order valence-electron chi connectivity index (χ1n) is 12.4. The smallest absolute Gasteiger partial charge is 0.193 e. The zero-order chi connectivity index (χ0) is 23.7. The lowest BCUT2D eigenvalue weighted by molar-refractivity contribution is 0.279. The topological polar surface area (TPSA) is 21.6 Å². The molecule has 3 aromatic rings. The van der Waals surface area contributed by atoms with Gasteiger partial charge in [-0.1, -0.05) is 105 Å². The summed E-state index contributed by atoms with van der Waals surface area (Å²) in [6.07, 6.45) is 1.06. The first-order valence-corrected chi connectivity index (χ1v) is 15.4. The number of aliphatic imine (C=N–C) groups is 1. The predicted octanol–water partition coefficient (Wildman–Crippen LogP) is 7.69. The van der Waals surface area contributed by atoms with Gasteiger partial charge in [0.25, 0.3) is 0 Å². The molecule has 0 unspecified atom stereocenters. The molecule has 3 aliphatic rings. The lowest BCUT2D eigenvalue weighted by atomic mass is 9.68. The van der Waals surface area contributed by atoms with Crippen molar-refractivity contribution in [2.24, 2.45) is 16.3 Å². The van der Waals surface area contributed by atoms with E-state index in [1.807, 2.05) is 0 Å². The van der Waals surface area contributed by atoms with Crippen molar-refractivity contribution in [3.63, 3.8) is 0 Å². The molecule has 2 nitrogen and oxygen atoms in total. The average molecular weight is 486 g/mol. The highest BCUT2D eigenvalue weighted by Gasteiger charge is 2.64. The molecule has 2 bridgehead atoms. The molecule has 0 radical (unpaired) electrons. The molecule has 0 amide bonds. The Labute approximate surface area is 208 Å². The van der Waals surface area contributed by atoms with Crippen LogP contribution < -0.4 is 0 Å². The monoisotopic (exact) mass is 485 g/mol. The maximum absolute atomic E-state index is 6.82. The van der Waals surface area contributed by atoms with Crippen LogP contribution in [-0.4, -0.2) is 30.4 Å². The number of fused-ring (bicyclic) bond motifs is 3. The van der Waals surface area contributed by atoms with Crippen molar-refractivity contribution in [2.45, 2.75) is 45.3 Å². The Morgan fingerprint density at radius 3 is 2.41 bits per heavy atom. The first-order chi connectivity index (χ1) is 16.3. The number of nitrogens with zero attached hydrogens (tertiary/aromatic N) is 1. The van der Waals surface area contributed by atoms with Gasteiger partial charge in [0.15, 0.2) is 5.90 Å². The van der Waals surface area contributed by atoms with Gasteiger partial charge < -0.3 is 4.74 Å². The predicted molar refractivity (Wildman–Crippen MR) is 149 cm³/mol. The minimum atomic E-state index is -1.99. The number of hydrogen-bond acceptors (Lipinski definition) is 3. The molecule has 6 rings (SSSR count). The fraction of sp³-hybridized carbons (Fsp3) is 0.367. The second kappa shape index (κ2) is 7.90. The van der Waals surface area contributed by atoms with E-state index in [2.05, 4.69) is 100 Å². The largest absolute Gasteiger partial charge is 0.478 e. The van der Waals surface area contributed by atoms with Crippen LogP contribution in [-0.2, 0) is 16.5 Å². The molecular weight excluding hydrogens is 453 g/mol. The van der Waals surface area contributed by atoms with Gasteiger partial charge in [0.2, 0.25) is 0 Å². The van der Waals surface area contributed by atoms with E-state index < -0.39 is 6.04 Å². The van der Waals surface area contributed by atoms with Crippen molar-refractivity contribution in [2.75, 3.05) is 12.8 Å². The lowest BCUT2D eigenvalue weighted by Crippen LogP contribution is -2.35. The van der Waals surface area contributed by atoms with Gasteiger partial charge in [0.05, 0.1) is 11.7 Å². The van der Waals surface area contributed by atoms with Gasteiger partial charge in [-0.15, -0.1) is 0 Å². The number of rotatable bonds is 4. The second-order valence-electron chi connectivity index (χ2n) is 10.8. The number of benzene rings is 3. The van der Waals surface area contributed by atoms with Crippen LogP contribution >= 0.6 is 6.04 Å². The molecule has 0 N–H and O–H groups in total. The van der Waals surface area contributed by atoms with Crippen LogP contribution in [0, 0.1) is 11.3 Å². The first kappa shape index (κ1) is 22.3. The summed E-state index contributed by atoms with van der Waals surface area (Å²) in [5.41, 5.74) is 4.35. The summed E-state index contributed by atoms with van der Waals surface area (Å²) in [4.78, 5) is 5.18. The van der Waals surface area contributed by atoms with Gasteiger partial charge in [0.1, 0.15) is 6.61 Å². The number of allylic oxidation sites excluding steroid dienone is 1. The van der Waals surface area contributed by atoms with E-state index in [0.29, 0.717) is 18.4 Å². The van der Waals surface area contributed by atoms with Gasteiger partial charge in [-0.2, -0.15) is 0 Å². The van der Waals surface area contributed by atoms with Crippen molar-refractivity contribution in [3.05, 3.63) is 89.5 Å². The lowest BCUT2D eigenvalue weighted by Gasteiger charge is -2.40. The number of ether oxygens (including phenoxy) is 1. The van der Waals surface area contributed by atoms with Gasteiger partial charge in [-0.3, -0.25) is 0 Å². The highest BCUT2D eigenvalue weighted by Crippen LogP contribution is 2.83. The molecule has 4 heteroatoms. The minimum absolute atomic E-state index is 0.0182. The summed E-state index contributed by atoms with van der Waals surface area (Å²) < 4.78 is 6.40. The summed E-state index contributed by atoms with van der Waals surface area (Å²) in [6.45, 7) is 9.95. The Hall–Kier alpha value is -2.22. The fourth-order valence-electron chi connectivity index (χ4n) is 6.61. The molecule has 3 aromatic carbocycles. The van der Waals surface area contributed by atoms with Crippen molar-refractivity contribution in [1.29, 1.82) is 0 Å². The van der Waals surface area contributed by atoms with E-state index >= 15 is 0 Å². The standard InChI is InChI=1S/C30H32NOPS/c1-19(2)25-17-32-29(31-25)28-26(22-11-6-5-7-12-22)30(4)18-33(28,34)27(20(30)3)24-15-14-21-10-8-9-13-23(21)16-24/h5-16,19,25-26,28H,17-18H2,1-4H3/t25-,26-,28-,30-,33+/m1/s1. The molecule has 1 fully saturated rings. The third-order valence-corrected chi connectivity index (χ3v) is 14.0. The fourth-order valence-corrected chi connectivity index (χ4v) is 13.7. The molecule has 1 saturated heterocycles. The summed E-state index contributed by atoms with van der Waals surface area (Å²) in [7, 11) is 0. The highest BCUT2D eigenvalue weighted by molar-refractivity contribution is 8.20. The Morgan fingerprint density at radius 2 is 1.71 bits per heavy atom. The summed E-state index contributed by atoms with van der Waals surface area (Å²) in [6, 6.07) is 24.8. The van der Waals surface area contributed by atoms with Crippen molar-refractivity contribution in [3.8, 4) is 0 Å². The second-order valence-corrected chi connectivity index (χ2v) is 15.7. The van der Waals surface area contributed by atoms with Crippen LogP contribution in [0.1, 0.15) is 44.7 Å². The van der Waals surface area contributed by atoms with Gasteiger partial charge in [-0.25, -0.2) is 4.99 Å². The van der Waals surface area contributed by atoms with E-state index in [1.54, 1.807) is 0 Å². The summed E-state index contributed by atoms with van der Waals surface area (Å²) in [5.74, 6) is 1.72. The Balaban J connectivity index is 1.56.